The molecule has 0 radical (unpaired) electrons. The third-order valence-corrected chi connectivity index (χ3v) is 15.4. The molecule has 0 spiro atoms. The SMILES string of the molecule is CC(C)(C)c1cc(N2c3ccc(-c4ccccc4)cc3B3c4cc(-c5ccccc5)ccc4N(c4cc(C(C)(C)C)cc(C(C)(C)C)c4)c4cc(N(c5ccccc5)c5ccccc5)cc2c43)cc(C(C)(C)C)c1. The number of para-hydroxylation sites is 2. The number of benzene rings is 9. The fourth-order valence-corrected chi connectivity index (χ4v) is 11.1. The fourth-order valence-electron chi connectivity index (χ4n) is 11.1. The number of rotatable bonds is 7. The van der Waals surface area contributed by atoms with Gasteiger partial charge in [-0.3, -0.25) is 0 Å². The van der Waals surface area contributed by atoms with Crippen LogP contribution in [0, 0.1) is 0 Å². The lowest BCUT2D eigenvalue weighted by molar-refractivity contribution is 0.568. The van der Waals surface area contributed by atoms with E-state index in [1.807, 2.05) is 0 Å². The second-order valence-corrected chi connectivity index (χ2v) is 24.8. The first-order valence-electron chi connectivity index (χ1n) is 26.6. The Bertz CT molecular complexity index is 3240. The Morgan fingerprint density at radius 3 is 0.946 bits per heavy atom. The second kappa shape index (κ2) is 18.1. The molecule has 2 heterocycles. The maximum atomic E-state index is 2.62. The van der Waals surface area contributed by atoms with Gasteiger partial charge in [0.15, 0.2) is 0 Å². The van der Waals surface area contributed by atoms with E-state index in [-0.39, 0.29) is 28.4 Å². The van der Waals surface area contributed by atoms with Crippen LogP contribution >= 0.6 is 0 Å². The summed E-state index contributed by atoms with van der Waals surface area (Å²) in [6.07, 6.45) is 0. The zero-order valence-electron chi connectivity index (χ0n) is 45.5. The molecule has 0 aliphatic carbocycles. The number of hydrogen-bond acceptors (Lipinski definition) is 3. The summed E-state index contributed by atoms with van der Waals surface area (Å²) in [6, 6.07) is 78.0. The van der Waals surface area contributed by atoms with Gasteiger partial charge in [0, 0.05) is 45.5 Å². The van der Waals surface area contributed by atoms with Gasteiger partial charge in [0.25, 0.3) is 6.71 Å². The number of fused-ring (bicyclic) bond motifs is 4. The van der Waals surface area contributed by atoms with Crippen molar-refractivity contribution in [3.05, 3.63) is 229 Å². The topological polar surface area (TPSA) is 9.72 Å². The van der Waals surface area contributed by atoms with E-state index in [4.69, 9.17) is 0 Å². The van der Waals surface area contributed by atoms with Crippen LogP contribution in [0.15, 0.2) is 206 Å². The smallest absolute Gasteiger partial charge is 0.252 e. The lowest BCUT2D eigenvalue weighted by Gasteiger charge is -2.46. The Labute approximate surface area is 442 Å². The summed E-state index contributed by atoms with van der Waals surface area (Å²) in [5.74, 6) is 0. The molecular formula is C70H70BN3. The quantitative estimate of drug-likeness (QED) is 0.147. The van der Waals surface area contributed by atoms with E-state index in [0.29, 0.717) is 0 Å². The highest BCUT2D eigenvalue weighted by molar-refractivity contribution is 7.00. The van der Waals surface area contributed by atoms with Crippen LogP contribution in [-0.4, -0.2) is 6.71 Å². The number of nitrogens with zero attached hydrogens (tertiary/aromatic N) is 3. The van der Waals surface area contributed by atoms with Crippen LogP contribution in [0.3, 0.4) is 0 Å². The van der Waals surface area contributed by atoms with Gasteiger partial charge in [0.1, 0.15) is 0 Å². The van der Waals surface area contributed by atoms with Crippen LogP contribution in [0.1, 0.15) is 105 Å². The Morgan fingerprint density at radius 2 is 0.622 bits per heavy atom. The minimum atomic E-state index is -0.110. The van der Waals surface area contributed by atoms with Crippen molar-refractivity contribution in [2.24, 2.45) is 0 Å². The van der Waals surface area contributed by atoms with Crippen LogP contribution in [0.5, 0.6) is 0 Å². The third kappa shape index (κ3) is 8.93. The minimum absolute atomic E-state index is 0.0978. The minimum Gasteiger partial charge on any atom is -0.311 e. The van der Waals surface area contributed by atoms with Crippen LogP contribution in [0.4, 0.5) is 51.2 Å². The van der Waals surface area contributed by atoms with Crippen molar-refractivity contribution < 1.29 is 0 Å². The van der Waals surface area contributed by atoms with Gasteiger partial charge in [-0.2, -0.15) is 0 Å². The fraction of sp³-hybridized carbons (Fsp3) is 0.229. The first-order chi connectivity index (χ1) is 35.2. The molecule has 2 aliphatic rings. The maximum Gasteiger partial charge on any atom is 0.252 e. The van der Waals surface area contributed by atoms with Gasteiger partial charge < -0.3 is 14.7 Å². The van der Waals surface area contributed by atoms with Gasteiger partial charge in [0.05, 0.1) is 5.69 Å². The van der Waals surface area contributed by atoms with Gasteiger partial charge in [-0.1, -0.05) is 217 Å². The summed E-state index contributed by atoms with van der Waals surface area (Å²) in [4.78, 5) is 7.69. The molecule has 11 rings (SSSR count). The molecule has 0 atom stereocenters. The number of hydrogen-bond donors (Lipinski definition) is 0. The molecule has 0 saturated carbocycles. The summed E-state index contributed by atoms with van der Waals surface area (Å²) in [5.41, 5.74) is 23.9. The Kier molecular flexibility index (Phi) is 11.9. The molecule has 2 aliphatic heterocycles. The highest BCUT2D eigenvalue weighted by atomic mass is 15.2. The zero-order valence-corrected chi connectivity index (χ0v) is 45.5. The lowest BCUT2D eigenvalue weighted by atomic mass is 9.33. The van der Waals surface area contributed by atoms with Crippen LogP contribution in [0.25, 0.3) is 22.3 Å². The normalized spacial score (nSPS) is 13.3. The van der Waals surface area contributed by atoms with E-state index in [1.54, 1.807) is 0 Å². The Hall–Kier alpha value is -7.56. The van der Waals surface area contributed by atoms with Gasteiger partial charge in [-0.05, 0) is 155 Å². The van der Waals surface area contributed by atoms with Crippen molar-refractivity contribution in [1.82, 2.24) is 0 Å². The largest absolute Gasteiger partial charge is 0.311 e. The molecular weight excluding hydrogens is 894 g/mol. The molecule has 3 nitrogen and oxygen atoms in total. The average Bonchev–Trinajstić information content (AvgIpc) is 3.39. The Morgan fingerprint density at radius 1 is 0.297 bits per heavy atom. The first-order valence-corrected chi connectivity index (χ1v) is 26.6. The van der Waals surface area contributed by atoms with Crippen LogP contribution in [0.2, 0.25) is 0 Å². The Balaban J connectivity index is 1.33. The molecule has 0 fully saturated rings. The molecule has 4 heteroatoms. The van der Waals surface area contributed by atoms with E-state index in [2.05, 4.69) is 304 Å². The summed E-state index contributed by atoms with van der Waals surface area (Å²) < 4.78 is 0. The van der Waals surface area contributed by atoms with Crippen molar-refractivity contribution in [3.8, 4) is 22.3 Å². The van der Waals surface area contributed by atoms with Crippen molar-refractivity contribution in [2.75, 3.05) is 14.7 Å². The van der Waals surface area contributed by atoms with E-state index in [1.165, 1.54) is 95.0 Å². The van der Waals surface area contributed by atoms with E-state index >= 15 is 0 Å². The van der Waals surface area contributed by atoms with Crippen molar-refractivity contribution in [1.29, 1.82) is 0 Å². The summed E-state index contributed by atoms with van der Waals surface area (Å²) in [7, 11) is 0. The lowest BCUT2D eigenvalue weighted by Crippen LogP contribution is -2.61. The predicted octanol–water partition coefficient (Wildman–Crippen LogP) is 17.8. The molecule has 0 amide bonds. The van der Waals surface area contributed by atoms with E-state index in [0.717, 1.165) is 17.1 Å². The molecule has 74 heavy (non-hydrogen) atoms. The van der Waals surface area contributed by atoms with E-state index < -0.39 is 0 Å². The average molecular weight is 964 g/mol. The predicted molar refractivity (Wildman–Crippen MR) is 321 cm³/mol. The molecule has 368 valence electrons. The molecule has 0 bridgehead atoms. The van der Waals surface area contributed by atoms with Crippen LogP contribution in [-0.2, 0) is 21.7 Å². The summed E-state index contributed by atoms with van der Waals surface area (Å²) in [5, 5.41) is 0. The number of anilines is 9. The molecule has 9 aromatic carbocycles. The standard InChI is InChI=1S/C70H70BN3/c1-67(2,3)51-39-52(68(4,5)6)42-57(41-51)73-62-35-33-49(47-25-17-13-18-26-47)37-60(62)71-61-38-50(48-27-19-14-20-28-48)34-36-63(61)74(58-43-53(69(7,8)9)40-54(44-58)70(10,11)12)65-46-59(45-64(73)66(65)71)72(55-29-21-15-22-30-55)56-31-23-16-24-32-56/h13-46H,1-12H3. The third-order valence-electron chi connectivity index (χ3n) is 15.4. The molecule has 9 aromatic rings. The molecule has 0 N–H and O–H groups in total. The maximum absolute atomic E-state index is 2.62. The van der Waals surface area contributed by atoms with E-state index in [9.17, 15) is 0 Å². The van der Waals surface area contributed by atoms with Crippen molar-refractivity contribution in [3.63, 3.8) is 0 Å². The second-order valence-electron chi connectivity index (χ2n) is 24.8. The van der Waals surface area contributed by atoms with Gasteiger partial charge in [-0.25, -0.2) is 0 Å². The highest BCUT2D eigenvalue weighted by Crippen LogP contribution is 2.50. The molecule has 0 aromatic heterocycles. The summed E-state index contributed by atoms with van der Waals surface area (Å²) in [6.45, 7) is 28.1. The van der Waals surface area contributed by atoms with Gasteiger partial charge in [0.2, 0.25) is 0 Å². The molecule has 0 unspecified atom stereocenters. The van der Waals surface area contributed by atoms with Crippen molar-refractivity contribution in [2.45, 2.75) is 105 Å². The van der Waals surface area contributed by atoms with Gasteiger partial charge in [-0.15, -0.1) is 0 Å². The zero-order chi connectivity index (χ0) is 51.9. The monoisotopic (exact) mass is 964 g/mol. The van der Waals surface area contributed by atoms with Crippen molar-refractivity contribution >= 4 is 74.3 Å². The molecule has 0 saturated heterocycles. The highest BCUT2D eigenvalue weighted by Gasteiger charge is 2.45. The summed E-state index contributed by atoms with van der Waals surface area (Å²) >= 11 is 0. The first kappa shape index (κ1) is 48.7. The van der Waals surface area contributed by atoms with Crippen LogP contribution < -0.4 is 31.1 Å². The van der Waals surface area contributed by atoms with Gasteiger partial charge >= 0.3 is 0 Å².